The zero-order chi connectivity index (χ0) is 21.9. The first-order valence-corrected chi connectivity index (χ1v) is 12.5. The number of carboxylic acids is 1. The highest BCUT2D eigenvalue weighted by Crippen LogP contribution is 2.50. The molecular weight excluding hydrogens is 389 g/mol. The Morgan fingerprint density at radius 1 is 1.10 bits per heavy atom. The first-order chi connectivity index (χ1) is 13.7. The number of carbonyl (C=O) groups is 2. The minimum absolute atomic E-state index is 0.215. The van der Waals surface area contributed by atoms with Gasteiger partial charge >= 0.3 is 5.97 Å². The lowest BCUT2D eigenvalue weighted by atomic mass is 10.0. The number of hydrogen-bond donors (Lipinski definition) is 3. The van der Waals surface area contributed by atoms with Gasteiger partial charge in [-0.15, -0.1) is 0 Å². The molecule has 0 aromatic heterocycles. The fourth-order valence-corrected chi connectivity index (χ4v) is 5.89. The van der Waals surface area contributed by atoms with E-state index >= 15 is 0 Å². The average molecular weight is 426 g/mol. The van der Waals surface area contributed by atoms with E-state index in [1.807, 2.05) is 30.3 Å². The largest absolute Gasteiger partial charge is 0.481 e. The number of benzene rings is 1. The van der Waals surface area contributed by atoms with E-state index in [1.54, 1.807) is 13.8 Å². The molecule has 1 amide bonds. The van der Waals surface area contributed by atoms with Crippen LogP contribution >= 0.6 is 7.37 Å². The topological polar surface area (TPSA) is 104 Å². The summed E-state index contributed by atoms with van der Waals surface area (Å²) in [6.45, 7) is 5.61. The number of aliphatic carboxylic acids is 1. The minimum atomic E-state index is -3.89. The van der Waals surface area contributed by atoms with E-state index < -0.39 is 25.0 Å². The molecule has 0 radical (unpaired) electrons. The van der Waals surface area contributed by atoms with E-state index in [-0.39, 0.29) is 24.4 Å². The molecular formula is C22H36NO5P. The normalized spacial score (nSPS) is 15.5. The number of unbranched alkanes of at least 4 members (excludes halogenated alkanes) is 3. The molecule has 164 valence electrons. The number of hydrogen-bond acceptors (Lipinski definition) is 3. The summed E-state index contributed by atoms with van der Waals surface area (Å²) in [5, 5.41) is 12.2. The van der Waals surface area contributed by atoms with Gasteiger partial charge < -0.3 is 15.3 Å². The summed E-state index contributed by atoms with van der Waals surface area (Å²) in [7, 11) is -3.89. The molecule has 0 heterocycles. The molecule has 0 bridgehead atoms. The highest BCUT2D eigenvalue weighted by atomic mass is 31.2. The lowest BCUT2D eigenvalue weighted by molar-refractivity contribution is -0.141. The Bertz CT molecular complexity index is 677. The Morgan fingerprint density at radius 2 is 1.76 bits per heavy atom. The third-order valence-corrected chi connectivity index (χ3v) is 7.65. The predicted molar refractivity (Wildman–Crippen MR) is 116 cm³/mol. The maximum Gasteiger partial charge on any atom is 0.307 e. The second-order valence-corrected chi connectivity index (χ2v) is 10.5. The predicted octanol–water partition coefficient (Wildman–Crippen LogP) is 4.66. The smallest absolute Gasteiger partial charge is 0.307 e. The van der Waals surface area contributed by atoms with Crippen molar-refractivity contribution in [1.82, 2.24) is 5.32 Å². The molecule has 1 aromatic carbocycles. The molecule has 0 spiro atoms. The van der Waals surface area contributed by atoms with E-state index in [2.05, 4.69) is 12.2 Å². The molecule has 3 N–H and O–H groups in total. The van der Waals surface area contributed by atoms with Gasteiger partial charge in [-0.2, -0.15) is 0 Å². The molecule has 3 atom stereocenters. The van der Waals surface area contributed by atoms with E-state index in [0.717, 1.165) is 31.2 Å². The van der Waals surface area contributed by atoms with Crippen LogP contribution in [-0.4, -0.2) is 33.8 Å². The van der Waals surface area contributed by atoms with E-state index in [9.17, 15) is 24.2 Å². The van der Waals surface area contributed by atoms with E-state index in [0.29, 0.717) is 12.8 Å². The van der Waals surface area contributed by atoms with Gasteiger partial charge in [0, 0.05) is 12.6 Å². The maximum atomic E-state index is 13.0. The number of carbonyl (C=O) groups excluding carboxylic acids is 1. The van der Waals surface area contributed by atoms with Crippen molar-refractivity contribution in [3.63, 3.8) is 0 Å². The minimum Gasteiger partial charge on any atom is -0.481 e. The maximum absolute atomic E-state index is 13.0. The standard InChI is InChI=1S/C22H36NO5P/c1-4-5-6-10-13-19(22(25)26)16-29(27,28)21(17(2)3)23-20(24)15-14-18-11-8-7-9-12-18/h7-9,11-12,17,19,21H,4-6,10,13-16H2,1-3H3,(H,23,24)(H,25,26)(H,27,28)/t19-,21-/m1/s1. The van der Waals surface area contributed by atoms with Gasteiger partial charge in [-0.3, -0.25) is 14.2 Å². The van der Waals surface area contributed by atoms with Crippen LogP contribution in [0.15, 0.2) is 30.3 Å². The molecule has 0 aliphatic carbocycles. The molecule has 1 aromatic rings. The Kier molecular flexibility index (Phi) is 11.2. The average Bonchev–Trinajstić information content (AvgIpc) is 2.67. The Balaban J connectivity index is 2.71. The molecule has 1 unspecified atom stereocenters. The van der Waals surface area contributed by atoms with Gasteiger partial charge in [-0.05, 0) is 24.3 Å². The van der Waals surface area contributed by atoms with Crippen LogP contribution in [0.4, 0.5) is 0 Å². The van der Waals surface area contributed by atoms with Crippen LogP contribution in [0.3, 0.4) is 0 Å². The fraction of sp³-hybridized carbons (Fsp3) is 0.636. The zero-order valence-electron chi connectivity index (χ0n) is 17.8. The van der Waals surface area contributed by atoms with Crippen LogP contribution in [0, 0.1) is 11.8 Å². The van der Waals surface area contributed by atoms with Gasteiger partial charge in [0.15, 0.2) is 0 Å². The Labute approximate surface area is 174 Å². The lowest BCUT2D eigenvalue weighted by Crippen LogP contribution is -2.40. The third-order valence-electron chi connectivity index (χ3n) is 5.10. The van der Waals surface area contributed by atoms with Crippen LogP contribution in [0.1, 0.15) is 64.9 Å². The Hall–Kier alpha value is -1.65. The summed E-state index contributed by atoms with van der Waals surface area (Å²) in [5.74, 6) is -3.43. The molecule has 7 heteroatoms. The SMILES string of the molecule is CCCCCC[C@H](CP(=O)(O)[C@@H](NC(=O)CCc1ccccc1)C(C)C)C(=O)O. The first kappa shape index (κ1) is 25.4. The van der Waals surface area contributed by atoms with Crippen molar-refractivity contribution >= 4 is 19.2 Å². The third kappa shape index (κ3) is 9.60. The molecule has 0 saturated heterocycles. The second kappa shape index (κ2) is 12.8. The first-order valence-electron chi connectivity index (χ1n) is 10.5. The van der Waals surface area contributed by atoms with E-state index in [4.69, 9.17) is 0 Å². The molecule has 0 fully saturated rings. The van der Waals surface area contributed by atoms with E-state index in [1.165, 1.54) is 0 Å². The zero-order valence-corrected chi connectivity index (χ0v) is 18.7. The highest BCUT2D eigenvalue weighted by molar-refractivity contribution is 7.58. The van der Waals surface area contributed by atoms with Crippen molar-refractivity contribution in [2.75, 3.05) is 6.16 Å². The monoisotopic (exact) mass is 425 g/mol. The van der Waals surface area contributed by atoms with Gasteiger partial charge in [0.1, 0.15) is 5.78 Å². The number of carboxylic acid groups (broad SMARTS) is 1. The fourth-order valence-electron chi connectivity index (χ4n) is 3.41. The second-order valence-electron chi connectivity index (χ2n) is 8.06. The molecule has 0 saturated carbocycles. The van der Waals surface area contributed by atoms with Crippen LogP contribution in [0.25, 0.3) is 0 Å². The van der Waals surface area contributed by atoms with Crippen molar-refractivity contribution in [1.29, 1.82) is 0 Å². The van der Waals surface area contributed by atoms with Gasteiger partial charge in [0.25, 0.3) is 0 Å². The van der Waals surface area contributed by atoms with Crippen molar-refractivity contribution in [3.8, 4) is 0 Å². The van der Waals surface area contributed by atoms with Gasteiger partial charge in [0.05, 0.1) is 5.92 Å². The van der Waals surface area contributed by atoms with Crippen molar-refractivity contribution in [2.45, 2.75) is 71.5 Å². The van der Waals surface area contributed by atoms with Crippen LogP contribution < -0.4 is 5.32 Å². The van der Waals surface area contributed by atoms with Gasteiger partial charge in [-0.25, -0.2) is 0 Å². The summed E-state index contributed by atoms with van der Waals surface area (Å²) >= 11 is 0. The number of amides is 1. The summed E-state index contributed by atoms with van der Waals surface area (Å²) < 4.78 is 13.0. The molecule has 29 heavy (non-hydrogen) atoms. The Morgan fingerprint density at radius 3 is 2.31 bits per heavy atom. The van der Waals surface area contributed by atoms with Crippen LogP contribution in [-0.2, 0) is 20.6 Å². The van der Waals surface area contributed by atoms with Crippen molar-refractivity contribution in [3.05, 3.63) is 35.9 Å². The highest BCUT2D eigenvalue weighted by Gasteiger charge is 2.38. The number of aryl methyl sites for hydroxylation is 1. The quantitative estimate of drug-likeness (QED) is 0.297. The van der Waals surface area contributed by atoms with Crippen molar-refractivity contribution < 1.29 is 24.2 Å². The number of nitrogens with one attached hydrogen (secondary N) is 1. The number of rotatable bonds is 14. The molecule has 1 rings (SSSR count). The summed E-state index contributed by atoms with van der Waals surface area (Å²) in [6.07, 6.45) is 4.54. The summed E-state index contributed by atoms with van der Waals surface area (Å²) in [4.78, 5) is 34.7. The van der Waals surface area contributed by atoms with Gasteiger partial charge in [-0.1, -0.05) is 76.8 Å². The summed E-state index contributed by atoms with van der Waals surface area (Å²) in [5.41, 5.74) is 1.02. The van der Waals surface area contributed by atoms with Crippen molar-refractivity contribution in [2.24, 2.45) is 11.8 Å². The van der Waals surface area contributed by atoms with Crippen LogP contribution in [0.2, 0.25) is 0 Å². The molecule has 0 aliphatic rings. The van der Waals surface area contributed by atoms with Gasteiger partial charge in [0.2, 0.25) is 13.3 Å². The lowest BCUT2D eigenvalue weighted by Gasteiger charge is -2.29. The molecule has 0 aliphatic heterocycles. The summed E-state index contributed by atoms with van der Waals surface area (Å²) in [6, 6.07) is 9.57. The van der Waals surface area contributed by atoms with Crippen LogP contribution in [0.5, 0.6) is 0 Å². The molecule has 6 nitrogen and oxygen atoms in total.